The van der Waals surface area contributed by atoms with Crippen molar-refractivity contribution in [3.8, 4) is 0 Å². The third kappa shape index (κ3) is 2.79. The van der Waals surface area contributed by atoms with Crippen molar-refractivity contribution in [1.29, 1.82) is 0 Å². The second-order valence-electron chi connectivity index (χ2n) is 4.11. The number of hydrogen-bond acceptors (Lipinski definition) is 2. The maximum atomic E-state index is 13.8. The van der Waals surface area contributed by atoms with Crippen LogP contribution in [0.5, 0.6) is 0 Å². The zero-order valence-corrected chi connectivity index (χ0v) is 11.7. The Bertz CT molecular complexity index is 539. The first-order valence-electron chi connectivity index (χ1n) is 5.82. The van der Waals surface area contributed by atoms with Crippen LogP contribution < -0.4 is 5.73 Å². The zero-order chi connectivity index (χ0) is 13.1. The Morgan fingerprint density at radius 2 is 2.28 bits per heavy atom. The molecule has 18 heavy (non-hydrogen) atoms. The van der Waals surface area contributed by atoms with Crippen LogP contribution in [-0.2, 0) is 13.0 Å². The van der Waals surface area contributed by atoms with Crippen LogP contribution in [0.2, 0.25) is 0 Å². The first-order valence-corrected chi connectivity index (χ1v) is 6.61. The van der Waals surface area contributed by atoms with E-state index in [4.69, 9.17) is 5.73 Å². The first kappa shape index (κ1) is 13.2. The van der Waals surface area contributed by atoms with Crippen molar-refractivity contribution in [1.82, 2.24) is 9.55 Å². The summed E-state index contributed by atoms with van der Waals surface area (Å²) in [6.07, 6.45) is 4.17. The Balaban J connectivity index is 2.19. The van der Waals surface area contributed by atoms with Crippen molar-refractivity contribution in [3.63, 3.8) is 0 Å². The molecule has 0 amide bonds. The summed E-state index contributed by atoms with van der Waals surface area (Å²) in [6.45, 7) is 2.88. The molecule has 0 aliphatic rings. The molecule has 0 fully saturated rings. The molecule has 0 saturated heterocycles. The van der Waals surface area contributed by atoms with E-state index in [2.05, 4.69) is 20.9 Å². The van der Waals surface area contributed by atoms with Crippen LogP contribution in [0, 0.1) is 5.82 Å². The number of nitrogens with zero attached hydrogens (tertiary/aromatic N) is 2. The molecule has 1 aromatic heterocycles. The number of hydrogen-bond donors (Lipinski definition) is 1. The quantitative estimate of drug-likeness (QED) is 0.943. The largest absolute Gasteiger partial charge is 0.335 e. The minimum atomic E-state index is -0.384. The van der Waals surface area contributed by atoms with Crippen molar-refractivity contribution in [2.45, 2.75) is 25.9 Å². The first-order chi connectivity index (χ1) is 8.61. The topological polar surface area (TPSA) is 43.8 Å². The summed E-state index contributed by atoms with van der Waals surface area (Å²) >= 11 is 3.23. The standard InChI is InChI=1S/C13H15BrFN3/c1-2-18-6-5-17-13(18)8-12(16)10-4-3-9(14)7-11(10)15/h3-7,12H,2,8,16H2,1H3. The highest BCUT2D eigenvalue weighted by Crippen LogP contribution is 2.22. The fourth-order valence-corrected chi connectivity index (χ4v) is 2.26. The highest BCUT2D eigenvalue weighted by molar-refractivity contribution is 9.10. The average molecular weight is 312 g/mol. The van der Waals surface area contributed by atoms with Gasteiger partial charge in [0, 0.05) is 41.4 Å². The van der Waals surface area contributed by atoms with Gasteiger partial charge in [0.05, 0.1) is 0 Å². The molecule has 2 aromatic rings. The van der Waals surface area contributed by atoms with E-state index in [0.29, 0.717) is 16.5 Å². The normalized spacial score (nSPS) is 12.7. The van der Waals surface area contributed by atoms with Crippen LogP contribution in [0.3, 0.4) is 0 Å². The van der Waals surface area contributed by atoms with Gasteiger partial charge >= 0.3 is 0 Å². The summed E-state index contributed by atoms with van der Waals surface area (Å²) in [5, 5.41) is 0. The monoisotopic (exact) mass is 311 g/mol. The van der Waals surface area contributed by atoms with Crippen molar-refractivity contribution < 1.29 is 4.39 Å². The molecule has 0 aliphatic carbocycles. The molecular weight excluding hydrogens is 297 g/mol. The van der Waals surface area contributed by atoms with Crippen LogP contribution in [0.4, 0.5) is 4.39 Å². The van der Waals surface area contributed by atoms with E-state index >= 15 is 0 Å². The molecule has 0 bridgehead atoms. The minimum Gasteiger partial charge on any atom is -0.335 e. The van der Waals surface area contributed by atoms with Gasteiger partial charge in [0.2, 0.25) is 0 Å². The van der Waals surface area contributed by atoms with Gasteiger partial charge in [-0.3, -0.25) is 0 Å². The van der Waals surface area contributed by atoms with Crippen molar-refractivity contribution in [2.24, 2.45) is 5.73 Å². The fourth-order valence-electron chi connectivity index (χ4n) is 1.93. The molecular formula is C13H15BrFN3. The molecule has 1 aromatic carbocycles. The van der Waals surface area contributed by atoms with Gasteiger partial charge in [0.15, 0.2) is 0 Å². The Labute approximate surface area is 114 Å². The predicted molar refractivity (Wildman–Crippen MR) is 72.6 cm³/mol. The number of nitrogens with two attached hydrogens (primary N) is 1. The van der Waals surface area contributed by atoms with Gasteiger partial charge < -0.3 is 10.3 Å². The molecule has 0 saturated carbocycles. The lowest BCUT2D eigenvalue weighted by molar-refractivity contribution is 0.564. The summed E-state index contributed by atoms with van der Waals surface area (Å²) in [5.74, 6) is 0.596. The third-order valence-corrected chi connectivity index (χ3v) is 3.40. The highest BCUT2D eigenvalue weighted by atomic mass is 79.9. The van der Waals surface area contributed by atoms with E-state index in [-0.39, 0.29) is 11.9 Å². The summed E-state index contributed by atoms with van der Waals surface area (Å²) in [5.41, 5.74) is 6.57. The van der Waals surface area contributed by atoms with E-state index in [0.717, 1.165) is 12.4 Å². The van der Waals surface area contributed by atoms with Crippen molar-refractivity contribution >= 4 is 15.9 Å². The van der Waals surface area contributed by atoms with Gasteiger partial charge in [-0.05, 0) is 19.1 Å². The van der Waals surface area contributed by atoms with Crippen LogP contribution in [-0.4, -0.2) is 9.55 Å². The molecule has 96 valence electrons. The number of rotatable bonds is 4. The summed E-state index contributed by atoms with van der Waals surface area (Å²) in [7, 11) is 0. The van der Waals surface area contributed by atoms with Crippen LogP contribution in [0.25, 0.3) is 0 Å². The summed E-state index contributed by atoms with van der Waals surface area (Å²) < 4.78 is 16.5. The van der Waals surface area contributed by atoms with Gasteiger partial charge in [-0.1, -0.05) is 22.0 Å². The molecule has 0 aliphatic heterocycles. The Morgan fingerprint density at radius 3 is 2.94 bits per heavy atom. The van der Waals surface area contributed by atoms with Gasteiger partial charge in [-0.25, -0.2) is 9.37 Å². The van der Waals surface area contributed by atoms with Gasteiger partial charge in [0.25, 0.3) is 0 Å². The lowest BCUT2D eigenvalue weighted by Gasteiger charge is -2.13. The third-order valence-electron chi connectivity index (χ3n) is 2.91. The van der Waals surface area contributed by atoms with E-state index in [1.165, 1.54) is 6.07 Å². The molecule has 3 nitrogen and oxygen atoms in total. The maximum absolute atomic E-state index is 13.8. The second kappa shape index (κ2) is 5.63. The Morgan fingerprint density at radius 1 is 1.50 bits per heavy atom. The maximum Gasteiger partial charge on any atom is 0.129 e. The van der Waals surface area contributed by atoms with Crippen molar-refractivity contribution in [2.75, 3.05) is 0 Å². The Hall–Kier alpha value is -1.20. The summed E-state index contributed by atoms with van der Waals surface area (Å²) in [4.78, 5) is 4.25. The fraction of sp³-hybridized carbons (Fsp3) is 0.308. The van der Waals surface area contributed by atoms with E-state index in [1.807, 2.05) is 17.7 Å². The molecule has 1 atom stereocenters. The molecule has 1 unspecified atom stereocenters. The van der Waals surface area contributed by atoms with Gasteiger partial charge in [-0.15, -0.1) is 0 Å². The molecule has 1 heterocycles. The van der Waals surface area contributed by atoms with E-state index < -0.39 is 0 Å². The number of aromatic nitrogens is 2. The lowest BCUT2D eigenvalue weighted by atomic mass is 10.0. The minimum absolute atomic E-state index is 0.286. The van der Waals surface area contributed by atoms with E-state index in [1.54, 1.807) is 18.3 Å². The number of halogens is 2. The van der Waals surface area contributed by atoms with Crippen molar-refractivity contribution in [3.05, 3.63) is 52.3 Å². The second-order valence-corrected chi connectivity index (χ2v) is 5.02. The smallest absolute Gasteiger partial charge is 0.129 e. The zero-order valence-electron chi connectivity index (χ0n) is 10.1. The average Bonchev–Trinajstić information content (AvgIpc) is 2.76. The number of aryl methyl sites for hydroxylation is 1. The SMILES string of the molecule is CCn1ccnc1CC(N)c1ccc(Br)cc1F. The lowest BCUT2D eigenvalue weighted by Crippen LogP contribution is -2.17. The molecule has 2 N–H and O–H groups in total. The van der Waals surface area contributed by atoms with Crippen LogP contribution >= 0.6 is 15.9 Å². The highest BCUT2D eigenvalue weighted by Gasteiger charge is 2.14. The molecule has 2 rings (SSSR count). The van der Waals surface area contributed by atoms with Gasteiger partial charge in [0.1, 0.15) is 11.6 Å². The molecule has 5 heteroatoms. The predicted octanol–water partition coefficient (Wildman–Crippen LogP) is 3.05. The number of benzene rings is 1. The number of imidazole rings is 1. The summed E-state index contributed by atoms with van der Waals surface area (Å²) in [6, 6.07) is 4.56. The van der Waals surface area contributed by atoms with Gasteiger partial charge in [-0.2, -0.15) is 0 Å². The molecule has 0 radical (unpaired) electrons. The van der Waals surface area contributed by atoms with Crippen LogP contribution in [0.1, 0.15) is 24.4 Å². The van der Waals surface area contributed by atoms with E-state index in [9.17, 15) is 4.39 Å². The Kier molecular flexibility index (Phi) is 4.14. The molecule has 0 spiro atoms. The van der Waals surface area contributed by atoms with Crippen LogP contribution in [0.15, 0.2) is 35.1 Å².